The highest BCUT2D eigenvalue weighted by Crippen LogP contribution is 2.22. The lowest BCUT2D eigenvalue weighted by Gasteiger charge is -2.18. The summed E-state index contributed by atoms with van der Waals surface area (Å²) in [6.45, 7) is 5.60. The Morgan fingerprint density at radius 1 is 1.27 bits per heavy atom. The molecule has 0 N–H and O–H groups in total. The first kappa shape index (κ1) is 11.7. The summed E-state index contributed by atoms with van der Waals surface area (Å²) in [4.78, 5) is 11.3. The van der Waals surface area contributed by atoms with Crippen LogP contribution in [0.15, 0.2) is 36.4 Å². The monoisotopic (exact) mass is 202 g/mol. The topological polar surface area (TPSA) is 17.1 Å². The Hall–Kier alpha value is -1.37. The molecule has 1 rings (SSSR count). The lowest BCUT2D eigenvalue weighted by atomic mass is 9.85. The van der Waals surface area contributed by atoms with Gasteiger partial charge in [0, 0.05) is 5.41 Å². The van der Waals surface area contributed by atoms with Crippen LogP contribution in [0, 0.1) is 5.41 Å². The summed E-state index contributed by atoms with van der Waals surface area (Å²) in [6, 6.07) is 10.1. The molecule has 0 unspecified atom stereocenters. The van der Waals surface area contributed by atoms with Gasteiger partial charge in [-0.3, -0.25) is 4.79 Å². The van der Waals surface area contributed by atoms with Gasteiger partial charge in [-0.15, -0.1) is 0 Å². The Morgan fingerprint density at radius 2 is 1.87 bits per heavy atom. The molecule has 0 bridgehead atoms. The minimum atomic E-state index is -0.245. The summed E-state index contributed by atoms with van der Waals surface area (Å²) in [5.74, 6) is 0.236. The van der Waals surface area contributed by atoms with Gasteiger partial charge in [-0.25, -0.2) is 0 Å². The molecule has 15 heavy (non-hydrogen) atoms. The zero-order valence-corrected chi connectivity index (χ0v) is 9.66. The van der Waals surface area contributed by atoms with Crippen LogP contribution in [0.2, 0.25) is 0 Å². The van der Waals surface area contributed by atoms with E-state index < -0.39 is 0 Å². The van der Waals surface area contributed by atoms with Gasteiger partial charge in [0.1, 0.15) is 5.78 Å². The molecule has 0 radical (unpaired) electrons. The summed E-state index contributed by atoms with van der Waals surface area (Å²) in [5, 5.41) is 0. The summed E-state index contributed by atoms with van der Waals surface area (Å²) < 4.78 is 0. The predicted molar refractivity (Wildman–Crippen MR) is 64.6 cm³/mol. The van der Waals surface area contributed by atoms with E-state index in [0.717, 1.165) is 6.42 Å². The van der Waals surface area contributed by atoms with Crippen molar-refractivity contribution in [3.8, 4) is 0 Å². The fraction of sp³-hybridized carbons (Fsp3) is 0.357. The second-order valence-electron chi connectivity index (χ2n) is 4.46. The standard InChI is InChI=1S/C14H18O/c1-12(15)14(2,3)11-7-10-13-8-5-4-6-9-13/h4-10H,11H2,1-3H3/b10-7+. The van der Waals surface area contributed by atoms with E-state index in [2.05, 4.69) is 24.3 Å². The minimum Gasteiger partial charge on any atom is -0.299 e. The Bertz CT molecular complexity index is 347. The smallest absolute Gasteiger partial charge is 0.135 e. The SMILES string of the molecule is CC(=O)C(C)(C)C/C=C/c1ccccc1. The second kappa shape index (κ2) is 4.92. The molecule has 0 aliphatic rings. The van der Waals surface area contributed by atoms with Crippen LogP contribution in [-0.2, 0) is 4.79 Å². The zero-order chi connectivity index (χ0) is 11.3. The predicted octanol–water partition coefficient (Wildman–Crippen LogP) is 3.71. The molecule has 1 heteroatoms. The molecular weight excluding hydrogens is 184 g/mol. The molecule has 0 spiro atoms. The zero-order valence-electron chi connectivity index (χ0n) is 9.66. The Kier molecular flexibility index (Phi) is 3.84. The summed E-state index contributed by atoms with van der Waals surface area (Å²) in [7, 11) is 0. The Labute approximate surface area is 91.8 Å². The van der Waals surface area contributed by atoms with Crippen molar-refractivity contribution < 1.29 is 4.79 Å². The molecular formula is C14H18O. The van der Waals surface area contributed by atoms with Gasteiger partial charge in [0.2, 0.25) is 0 Å². The normalized spacial score (nSPS) is 11.9. The number of carbonyl (C=O) groups excluding carboxylic acids is 1. The molecule has 0 fully saturated rings. The van der Waals surface area contributed by atoms with E-state index in [0.29, 0.717) is 0 Å². The third-order valence-electron chi connectivity index (χ3n) is 2.69. The van der Waals surface area contributed by atoms with E-state index >= 15 is 0 Å². The molecule has 80 valence electrons. The van der Waals surface area contributed by atoms with Gasteiger partial charge in [0.25, 0.3) is 0 Å². The highest BCUT2D eigenvalue weighted by atomic mass is 16.1. The number of allylic oxidation sites excluding steroid dienone is 1. The van der Waals surface area contributed by atoms with Crippen molar-refractivity contribution in [1.82, 2.24) is 0 Å². The highest BCUT2D eigenvalue weighted by molar-refractivity contribution is 5.81. The third-order valence-corrected chi connectivity index (χ3v) is 2.69. The van der Waals surface area contributed by atoms with Crippen LogP contribution in [0.5, 0.6) is 0 Å². The van der Waals surface area contributed by atoms with E-state index in [1.807, 2.05) is 32.0 Å². The second-order valence-corrected chi connectivity index (χ2v) is 4.46. The number of benzene rings is 1. The number of hydrogen-bond donors (Lipinski definition) is 0. The van der Waals surface area contributed by atoms with Crippen LogP contribution in [-0.4, -0.2) is 5.78 Å². The van der Waals surface area contributed by atoms with Crippen LogP contribution in [0.4, 0.5) is 0 Å². The molecule has 1 nitrogen and oxygen atoms in total. The molecule has 0 aromatic heterocycles. The van der Waals surface area contributed by atoms with E-state index in [1.165, 1.54) is 5.56 Å². The molecule has 1 aromatic rings. The number of ketones is 1. The molecule has 0 aliphatic carbocycles. The van der Waals surface area contributed by atoms with E-state index in [-0.39, 0.29) is 11.2 Å². The molecule has 0 heterocycles. The fourth-order valence-corrected chi connectivity index (χ4v) is 1.20. The van der Waals surface area contributed by atoms with Crippen LogP contribution < -0.4 is 0 Å². The average molecular weight is 202 g/mol. The molecule has 1 aromatic carbocycles. The van der Waals surface area contributed by atoms with E-state index in [4.69, 9.17) is 0 Å². The third kappa shape index (κ3) is 3.70. The van der Waals surface area contributed by atoms with Gasteiger partial charge in [0.05, 0.1) is 0 Å². The number of rotatable bonds is 4. The largest absolute Gasteiger partial charge is 0.299 e. The van der Waals surface area contributed by atoms with Crippen molar-refractivity contribution in [2.24, 2.45) is 5.41 Å². The summed E-state index contributed by atoms with van der Waals surface area (Å²) in [6.07, 6.45) is 4.92. The molecule has 0 saturated heterocycles. The first-order valence-corrected chi connectivity index (χ1v) is 5.25. The number of Topliss-reactive ketones (excluding diaryl/α,β-unsaturated/α-hetero) is 1. The maximum atomic E-state index is 11.3. The van der Waals surface area contributed by atoms with Crippen LogP contribution >= 0.6 is 0 Å². The average Bonchev–Trinajstić information content (AvgIpc) is 2.19. The van der Waals surface area contributed by atoms with Gasteiger partial charge in [0.15, 0.2) is 0 Å². The first-order chi connectivity index (χ1) is 7.02. The van der Waals surface area contributed by atoms with Crippen LogP contribution in [0.3, 0.4) is 0 Å². The number of carbonyl (C=O) groups is 1. The lowest BCUT2D eigenvalue weighted by Crippen LogP contribution is -2.19. The van der Waals surface area contributed by atoms with Gasteiger partial charge in [-0.1, -0.05) is 56.3 Å². The van der Waals surface area contributed by atoms with E-state index in [9.17, 15) is 4.79 Å². The maximum Gasteiger partial charge on any atom is 0.135 e. The molecule has 0 aliphatic heterocycles. The van der Waals surface area contributed by atoms with Crippen molar-refractivity contribution in [1.29, 1.82) is 0 Å². The highest BCUT2D eigenvalue weighted by Gasteiger charge is 2.21. The minimum absolute atomic E-state index is 0.236. The van der Waals surface area contributed by atoms with Gasteiger partial charge in [-0.2, -0.15) is 0 Å². The van der Waals surface area contributed by atoms with Crippen molar-refractivity contribution >= 4 is 11.9 Å². The van der Waals surface area contributed by atoms with Crippen molar-refractivity contribution in [2.45, 2.75) is 27.2 Å². The molecule has 0 atom stereocenters. The first-order valence-electron chi connectivity index (χ1n) is 5.25. The summed E-state index contributed by atoms with van der Waals surface area (Å²) >= 11 is 0. The Morgan fingerprint density at radius 3 is 2.40 bits per heavy atom. The lowest BCUT2D eigenvalue weighted by molar-refractivity contribution is -0.124. The molecule has 0 saturated carbocycles. The van der Waals surface area contributed by atoms with Gasteiger partial charge < -0.3 is 0 Å². The maximum absolute atomic E-state index is 11.3. The summed E-state index contributed by atoms with van der Waals surface area (Å²) in [5.41, 5.74) is 0.933. The number of hydrogen-bond acceptors (Lipinski definition) is 1. The molecule has 0 amide bonds. The fourth-order valence-electron chi connectivity index (χ4n) is 1.20. The van der Waals surface area contributed by atoms with Crippen LogP contribution in [0.1, 0.15) is 32.8 Å². The van der Waals surface area contributed by atoms with Gasteiger partial charge in [-0.05, 0) is 18.9 Å². The van der Waals surface area contributed by atoms with E-state index in [1.54, 1.807) is 6.92 Å². The van der Waals surface area contributed by atoms with Gasteiger partial charge >= 0.3 is 0 Å². The van der Waals surface area contributed by atoms with Crippen molar-refractivity contribution in [3.05, 3.63) is 42.0 Å². The van der Waals surface area contributed by atoms with Crippen molar-refractivity contribution in [3.63, 3.8) is 0 Å². The Balaban J connectivity index is 2.58. The van der Waals surface area contributed by atoms with Crippen LogP contribution in [0.25, 0.3) is 6.08 Å². The van der Waals surface area contributed by atoms with Crippen molar-refractivity contribution in [2.75, 3.05) is 0 Å². The quantitative estimate of drug-likeness (QED) is 0.727.